The third kappa shape index (κ3) is 6.14. The third-order valence-electron chi connectivity index (χ3n) is 14.6. The number of anilines is 6. The summed E-state index contributed by atoms with van der Waals surface area (Å²) in [4.78, 5) is 4.64. The molecule has 336 valence electrons. The van der Waals surface area contributed by atoms with Crippen LogP contribution >= 0.6 is 0 Å². The van der Waals surface area contributed by atoms with Crippen molar-refractivity contribution in [1.29, 1.82) is 0 Å². The van der Waals surface area contributed by atoms with E-state index >= 15 is 0 Å². The van der Waals surface area contributed by atoms with E-state index in [1.807, 2.05) is 24.3 Å². The molecule has 0 aliphatic rings. The van der Waals surface area contributed by atoms with E-state index in [0.29, 0.717) is 0 Å². The Morgan fingerprint density at radius 2 is 0.634 bits per heavy atom. The van der Waals surface area contributed by atoms with Crippen LogP contribution in [0.2, 0.25) is 0 Å². The number of fused-ring (bicyclic) bond motifs is 14. The van der Waals surface area contributed by atoms with Gasteiger partial charge in [0.25, 0.3) is 0 Å². The summed E-state index contributed by atoms with van der Waals surface area (Å²) >= 11 is 0. The van der Waals surface area contributed by atoms with Crippen LogP contribution in [-0.4, -0.2) is 0 Å². The van der Waals surface area contributed by atoms with Gasteiger partial charge in [-0.3, -0.25) is 0 Å². The molecule has 4 aromatic heterocycles. The summed E-state index contributed by atoms with van der Waals surface area (Å²) < 4.78 is 26.1. The van der Waals surface area contributed by atoms with Crippen LogP contribution in [0.1, 0.15) is 16.7 Å². The van der Waals surface area contributed by atoms with Crippen LogP contribution in [0.15, 0.2) is 218 Å². The van der Waals surface area contributed by atoms with Crippen molar-refractivity contribution in [2.75, 3.05) is 9.80 Å². The molecule has 0 unspecified atom stereocenters. The van der Waals surface area contributed by atoms with Crippen LogP contribution in [0.5, 0.6) is 0 Å². The fraction of sp³-hybridized carbons (Fsp3) is 0.0462. The van der Waals surface area contributed by atoms with E-state index in [0.717, 1.165) is 149 Å². The van der Waals surface area contributed by atoms with Gasteiger partial charge in [0.15, 0.2) is 0 Å². The van der Waals surface area contributed by atoms with Gasteiger partial charge < -0.3 is 27.5 Å². The van der Waals surface area contributed by atoms with Crippen LogP contribution in [0.3, 0.4) is 0 Å². The second kappa shape index (κ2) is 14.9. The predicted molar refractivity (Wildman–Crippen MR) is 294 cm³/mol. The number of nitrogens with zero attached hydrogens (tertiary/aromatic N) is 2. The smallest absolute Gasteiger partial charge is 0.142 e. The molecule has 0 N–H and O–H groups in total. The zero-order valence-electron chi connectivity index (χ0n) is 39.1. The van der Waals surface area contributed by atoms with Crippen molar-refractivity contribution >= 4 is 143 Å². The first-order valence-electron chi connectivity index (χ1n) is 24.1. The summed E-state index contributed by atoms with van der Waals surface area (Å²) in [6, 6.07) is 71.4. The van der Waals surface area contributed by atoms with E-state index in [1.54, 1.807) is 0 Å². The maximum absolute atomic E-state index is 6.82. The molecule has 0 fully saturated rings. The molecular weight excluding hydrogens is 873 g/mol. The monoisotopic (exact) mass is 914 g/mol. The molecule has 0 radical (unpaired) electrons. The summed E-state index contributed by atoms with van der Waals surface area (Å²) in [5.41, 5.74) is 16.7. The zero-order chi connectivity index (χ0) is 47.1. The molecule has 0 aliphatic heterocycles. The summed E-state index contributed by atoms with van der Waals surface area (Å²) in [5.74, 6) is 0. The van der Waals surface area contributed by atoms with E-state index in [2.05, 4.69) is 206 Å². The van der Waals surface area contributed by atoms with Crippen LogP contribution in [0.4, 0.5) is 34.1 Å². The highest BCUT2D eigenvalue weighted by atomic mass is 16.3. The zero-order valence-corrected chi connectivity index (χ0v) is 39.1. The number of hydrogen-bond donors (Lipinski definition) is 0. The van der Waals surface area contributed by atoms with Gasteiger partial charge in [-0.15, -0.1) is 0 Å². The molecule has 0 saturated carbocycles. The summed E-state index contributed by atoms with van der Waals surface area (Å²) in [7, 11) is 0. The molecule has 4 heterocycles. The Labute approximate surface area is 406 Å². The molecule has 71 heavy (non-hydrogen) atoms. The van der Waals surface area contributed by atoms with E-state index < -0.39 is 0 Å². The quantitative estimate of drug-likeness (QED) is 0.166. The first-order valence-corrected chi connectivity index (χ1v) is 24.1. The van der Waals surface area contributed by atoms with Crippen molar-refractivity contribution in [3.8, 4) is 0 Å². The van der Waals surface area contributed by atoms with Crippen molar-refractivity contribution < 1.29 is 17.7 Å². The van der Waals surface area contributed by atoms with Gasteiger partial charge in [0.2, 0.25) is 0 Å². The number of aryl methyl sites for hydroxylation is 3. The Kier molecular flexibility index (Phi) is 8.32. The average molecular weight is 915 g/mol. The Balaban J connectivity index is 0.833. The number of hydrogen-bond acceptors (Lipinski definition) is 6. The molecule has 0 saturated heterocycles. The predicted octanol–water partition coefficient (Wildman–Crippen LogP) is 19.5. The maximum Gasteiger partial charge on any atom is 0.142 e. The molecule has 0 spiro atoms. The second-order valence-corrected chi connectivity index (χ2v) is 19.1. The topological polar surface area (TPSA) is 59.0 Å². The molecule has 15 aromatic rings. The van der Waals surface area contributed by atoms with E-state index in [9.17, 15) is 0 Å². The fourth-order valence-corrected chi connectivity index (χ4v) is 11.1. The Hall–Kier alpha value is -9.26. The molecule has 6 nitrogen and oxygen atoms in total. The minimum Gasteiger partial charge on any atom is -0.456 e. The molecule has 0 bridgehead atoms. The number of para-hydroxylation sites is 2. The molecule has 15 rings (SSSR count). The lowest BCUT2D eigenvalue weighted by Crippen LogP contribution is -2.09. The molecule has 6 heteroatoms. The first kappa shape index (κ1) is 39.7. The average Bonchev–Trinajstić information content (AvgIpc) is 4.16. The minimum atomic E-state index is 0.840. The van der Waals surface area contributed by atoms with Crippen LogP contribution in [0.25, 0.3) is 109 Å². The van der Waals surface area contributed by atoms with E-state index in [1.165, 1.54) is 11.1 Å². The lowest BCUT2D eigenvalue weighted by atomic mass is 10.0. The van der Waals surface area contributed by atoms with Crippen molar-refractivity contribution in [2.45, 2.75) is 20.8 Å². The number of furan rings is 4. The molecule has 11 aromatic carbocycles. The normalized spacial score (nSPS) is 12.2. The molecular formula is C65H42N2O4. The van der Waals surface area contributed by atoms with Crippen molar-refractivity contribution in [1.82, 2.24) is 0 Å². The van der Waals surface area contributed by atoms with Crippen molar-refractivity contribution in [3.63, 3.8) is 0 Å². The van der Waals surface area contributed by atoms with E-state index in [4.69, 9.17) is 17.7 Å². The highest BCUT2D eigenvalue weighted by Gasteiger charge is 2.22. The maximum atomic E-state index is 6.82. The Bertz CT molecular complexity index is 4390. The second-order valence-electron chi connectivity index (χ2n) is 19.1. The lowest BCUT2D eigenvalue weighted by Gasteiger charge is -2.26. The number of benzene rings is 11. The molecule has 0 amide bonds. The van der Waals surface area contributed by atoms with Crippen LogP contribution in [0, 0.1) is 20.8 Å². The van der Waals surface area contributed by atoms with Gasteiger partial charge in [0.05, 0.1) is 0 Å². The summed E-state index contributed by atoms with van der Waals surface area (Å²) in [6.45, 7) is 6.36. The number of rotatable bonds is 6. The highest BCUT2D eigenvalue weighted by Crippen LogP contribution is 2.45. The standard InChI is InChI=1S/C65H42N2O4/c1-37-12-18-44(19-13-37)66(48-24-26-60-54(34-48)50-8-4-6-10-58(50)68-60)46-22-16-40-30-52-56-36-57-53-31-41-17-23-47(29-43(41)33-63(53)71-65(57)39(3)64(56)70-62(52)32-42(40)28-46)67(45-20-14-38(2)15-21-45)49-25-27-61-55(35-49)51-9-5-7-11-59(51)69-61/h4-36H,1-3H3. The molecule has 0 atom stereocenters. The largest absolute Gasteiger partial charge is 0.456 e. The van der Waals surface area contributed by atoms with Gasteiger partial charge in [0.1, 0.15) is 44.7 Å². The lowest BCUT2D eigenvalue weighted by molar-refractivity contribution is 0.651. The third-order valence-corrected chi connectivity index (χ3v) is 14.6. The van der Waals surface area contributed by atoms with Crippen molar-refractivity contribution in [2.24, 2.45) is 0 Å². The Morgan fingerprint density at radius 3 is 1.10 bits per heavy atom. The van der Waals surface area contributed by atoms with Crippen LogP contribution < -0.4 is 9.80 Å². The van der Waals surface area contributed by atoms with Gasteiger partial charge in [-0.25, -0.2) is 0 Å². The van der Waals surface area contributed by atoms with Gasteiger partial charge in [-0.1, -0.05) is 83.9 Å². The van der Waals surface area contributed by atoms with Crippen LogP contribution in [-0.2, 0) is 0 Å². The Morgan fingerprint density at radius 1 is 0.254 bits per heavy atom. The van der Waals surface area contributed by atoms with Gasteiger partial charge in [-0.2, -0.15) is 0 Å². The molecule has 0 aliphatic carbocycles. The van der Waals surface area contributed by atoms with Gasteiger partial charge in [-0.05, 0) is 170 Å². The van der Waals surface area contributed by atoms with E-state index in [-0.39, 0.29) is 0 Å². The summed E-state index contributed by atoms with van der Waals surface area (Å²) in [5, 5.41) is 13.2. The van der Waals surface area contributed by atoms with Gasteiger partial charge in [0, 0.05) is 82.8 Å². The van der Waals surface area contributed by atoms with Gasteiger partial charge >= 0.3 is 0 Å². The minimum absolute atomic E-state index is 0.840. The highest BCUT2D eigenvalue weighted by molar-refractivity contribution is 6.20. The summed E-state index contributed by atoms with van der Waals surface area (Å²) in [6.07, 6.45) is 0. The van der Waals surface area contributed by atoms with Crippen molar-refractivity contribution in [3.05, 3.63) is 217 Å². The first-order chi connectivity index (χ1) is 34.8. The fourth-order valence-electron chi connectivity index (χ4n) is 11.1. The SMILES string of the molecule is Cc1ccc(N(c2ccc3cc4c(cc3c2)oc2c(C)c3oc5cc6cc(N(c7ccc(C)cc7)c7ccc8oc9ccccc9c8c7)ccc6cc5c3cc24)c2ccc3oc4ccccc4c3c2)cc1.